The predicted octanol–water partition coefficient (Wildman–Crippen LogP) is 25.0. The van der Waals surface area contributed by atoms with E-state index in [1.54, 1.807) is 0 Å². The molecule has 0 N–H and O–H groups in total. The van der Waals surface area contributed by atoms with Crippen molar-refractivity contribution in [1.29, 1.82) is 0 Å². The summed E-state index contributed by atoms with van der Waals surface area (Å²) < 4.78 is 0. The third-order valence-corrected chi connectivity index (χ3v) is 24.1. The van der Waals surface area contributed by atoms with E-state index in [0.717, 1.165) is 23.7 Å². The number of halogens is 1. The fraction of sp³-hybridized carbons (Fsp3) is 1.00. The maximum absolute atomic E-state index is 8.88. The average molecular weight is 968 g/mol. The van der Waals surface area contributed by atoms with Gasteiger partial charge in [-0.05, 0) is 0 Å². The molecule has 4 unspecified atom stereocenters. The molecule has 0 saturated carbocycles. The molecular weight excluding hydrogens is 835 g/mol. The maximum atomic E-state index is 8.88. The monoisotopic (exact) mass is 967 g/mol. The molecule has 0 spiro atoms. The van der Waals surface area contributed by atoms with Crippen molar-refractivity contribution in [1.82, 2.24) is 0 Å². The minimum absolute atomic E-state index is 0.774. The van der Waals surface area contributed by atoms with Crippen LogP contribution in [0.15, 0.2) is 0 Å². The fourth-order valence-electron chi connectivity index (χ4n) is 12.6. The average Bonchev–Trinajstić information content (AvgIpc) is 3.28. The number of hydrogen-bond donors (Lipinski definition) is 0. The van der Waals surface area contributed by atoms with Crippen LogP contribution in [-0.2, 0) is 0 Å². The molecule has 66 heavy (non-hydrogen) atoms. The standard InChI is InChI=1S/C64H132ClP/c1-9-13-17-21-25-29-33-37-41-45-49-53-61(5)57-66(65,58-62(6)54-50-46-42-38-34-30-26-22-18-14-10-2,59-63(7)55-51-47-43-39-35-31-27-23-19-15-11-3)60-64(8)56-52-48-44-40-36-32-28-24-20-16-12-4/h61-64H,9-60H2,1-8H3. The fourth-order valence-corrected chi connectivity index (χ4v) is 23.2. The van der Waals surface area contributed by atoms with Crippen LogP contribution in [0, 0.1) is 23.7 Å². The van der Waals surface area contributed by atoms with Gasteiger partial charge in [-0.3, -0.25) is 0 Å². The molecular formula is C64H132ClP. The van der Waals surface area contributed by atoms with Gasteiger partial charge in [0, 0.05) is 0 Å². The van der Waals surface area contributed by atoms with E-state index in [1.165, 1.54) is 333 Å². The summed E-state index contributed by atoms with van der Waals surface area (Å²) in [6.45, 7) is 19.9. The molecule has 400 valence electrons. The van der Waals surface area contributed by atoms with Crippen molar-refractivity contribution in [2.24, 2.45) is 23.7 Å². The number of unbranched alkanes of at least 4 members (excludes halogenated alkanes) is 40. The summed E-state index contributed by atoms with van der Waals surface area (Å²) in [5, 5.41) is 0. The molecule has 0 rings (SSSR count). The molecule has 0 aromatic heterocycles. The van der Waals surface area contributed by atoms with Crippen molar-refractivity contribution in [2.45, 2.75) is 364 Å². The Labute approximate surface area is 426 Å². The van der Waals surface area contributed by atoms with E-state index in [4.69, 9.17) is 11.2 Å². The summed E-state index contributed by atoms with van der Waals surface area (Å²) in [6, 6.07) is 0. The van der Waals surface area contributed by atoms with Crippen LogP contribution in [0.5, 0.6) is 0 Å². The molecule has 0 saturated heterocycles. The second-order valence-corrected chi connectivity index (χ2v) is 32.2. The molecule has 0 aliphatic rings. The van der Waals surface area contributed by atoms with Gasteiger partial charge in [0.15, 0.2) is 0 Å². The molecule has 0 heterocycles. The molecule has 0 aromatic carbocycles. The van der Waals surface area contributed by atoms with Crippen LogP contribution >= 0.6 is 17.2 Å². The van der Waals surface area contributed by atoms with Crippen molar-refractivity contribution in [3.05, 3.63) is 0 Å². The Morgan fingerprint density at radius 2 is 0.333 bits per heavy atom. The van der Waals surface area contributed by atoms with Gasteiger partial charge in [-0.1, -0.05) is 79.1 Å². The van der Waals surface area contributed by atoms with Gasteiger partial charge in [0.05, 0.1) is 0 Å². The summed E-state index contributed by atoms with van der Waals surface area (Å²) in [7, 11) is 0. The van der Waals surface area contributed by atoms with Gasteiger partial charge >= 0.3 is 350 Å². The molecule has 4 atom stereocenters. The van der Waals surface area contributed by atoms with E-state index in [-0.39, 0.29) is 0 Å². The van der Waals surface area contributed by atoms with E-state index in [9.17, 15) is 0 Å². The van der Waals surface area contributed by atoms with Crippen LogP contribution in [0.2, 0.25) is 0 Å². The van der Waals surface area contributed by atoms with E-state index in [2.05, 4.69) is 55.4 Å². The molecule has 0 radical (unpaired) electrons. The normalized spacial score (nSPS) is 14.7. The van der Waals surface area contributed by atoms with Gasteiger partial charge in [0.1, 0.15) is 0 Å². The number of hydrogen-bond acceptors (Lipinski definition) is 0. The Kier molecular flexibility index (Phi) is 49.8. The van der Waals surface area contributed by atoms with Crippen molar-refractivity contribution < 1.29 is 0 Å². The van der Waals surface area contributed by atoms with E-state index >= 15 is 0 Å². The minimum Gasteiger partial charge on any atom is -0.0654 e. The summed E-state index contributed by atoms with van der Waals surface area (Å²) in [5.41, 5.74) is 0. The van der Waals surface area contributed by atoms with Gasteiger partial charge in [0.2, 0.25) is 0 Å². The second-order valence-electron chi connectivity index (χ2n) is 24.3. The zero-order valence-electron chi connectivity index (χ0n) is 47.9. The van der Waals surface area contributed by atoms with Crippen molar-refractivity contribution in [3.63, 3.8) is 0 Å². The zero-order valence-corrected chi connectivity index (χ0v) is 49.6. The molecule has 0 amide bonds. The van der Waals surface area contributed by atoms with E-state index < -0.39 is 5.96 Å². The van der Waals surface area contributed by atoms with Gasteiger partial charge in [-0.15, -0.1) is 0 Å². The van der Waals surface area contributed by atoms with Crippen LogP contribution < -0.4 is 0 Å². The number of rotatable bonds is 56. The summed E-state index contributed by atoms with van der Waals surface area (Å²) in [4.78, 5) is 0. The predicted molar refractivity (Wildman–Crippen MR) is 313 cm³/mol. The summed E-state index contributed by atoms with van der Waals surface area (Å²) in [6.07, 6.45) is 74.7. The second kappa shape index (κ2) is 49.3. The molecule has 0 aromatic rings. The van der Waals surface area contributed by atoms with Crippen LogP contribution in [0.4, 0.5) is 0 Å². The Hall–Kier alpha value is 0.720. The summed E-state index contributed by atoms with van der Waals surface area (Å²) in [5.74, 6) is 0.603. The zero-order chi connectivity index (χ0) is 48.5. The quantitative estimate of drug-likeness (QED) is 0.0421. The van der Waals surface area contributed by atoms with Crippen molar-refractivity contribution in [3.8, 4) is 0 Å². The minimum atomic E-state index is -2.49. The van der Waals surface area contributed by atoms with Gasteiger partial charge in [-0.25, -0.2) is 0 Å². The smallest absolute Gasteiger partial charge is 0.0654 e. The first-order chi connectivity index (χ1) is 32.1. The first-order valence-corrected chi connectivity index (χ1v) is 35.7. The van der Waals surface area contributed by atoms with Crippen LogP contribution in [0.25, 0.3) is 0 Å². The Bertz CT molecular complexity index is 782. The molecule has 2 heteroatoms. The third-order valence-electron chi connectivity index (χ3n) is 16.3. The molecule has 0 aliphatic carbocycles. The Morgan fingerprint density at radius 1 is 0.212 bits per heavy atom. The topological polar surface area (TPSA) is 0 Å². The van der Waals surface area contributed by atoms with Crippen molar-refractivity contribution in [2.75, 3.05) is 24.6 Å². The van der Waals surface area contributed by atoms with Gasteiger partial charge in [-0.2, -0.15) is 0 Å². The molecule has 0 aliphatic heterocycles. The third kappa shape index (κ3) is 44.6. The van der Waals surface area contributed by atoms with Crippen LogP contribution in [-0.4, -0.2) is 24.6 Å². The van der Waals surface area contributed by atoms with Gasteiger partial charge in [0.25, 0.3) is 0 Å². The molecule has 0 fully saturated rings. The van der Waals surface area contributed by atoms with Crippen LogP contribution in [0.3, 0.4) is 0 Å². The Balaban J connectivity index is 5.63. The first kappa shape index (κ1) is 66.7. The molecule has 0 bridgehead atoms. The molecule has 0 nitrogen and oxygen atoms in total. The van der Waals surface area contributed by atoms with Gasteiger partial charge < -0.3 is 0 Å². The first-order valence-electron chi connectivity index (χ1n) is 31.8. The van der Waals surface area contributed by atoms with E-state index in [0.29, 0.717) is 0 Å². The van der Waals surface area contributed by atoms with E-state index in [1.807, 2.05) is 0 Å². The van der Waals surface area contributed by atoms with Crippen LogP contribution in [0.1, 0.15) is 364 Å². The Morgan fingerprint density at radius 3 is 0.470 bits per heavy atom. The summed E-state index contributed by atoms with van der Waals surface area (Å²) >= 11 is 8.88. The van der Waals surface area contributed by atoms with Crippen molar-refractivity contribution >= 4 is 17.2 Å². The SMILES string of the molecule is CCCCCCCCCCCCCC(C)CP(Cl)(CC(C)CCCCCCCCCCCCC)(CC(C)CCCCCCCCCCCCC)CC(C)CCCCCCCCCCCCC.